The molecule has 0 saturated carbocycles. The minimum Gasteiger partial charge on any atom is -0.268 e. The summed E-state index contributed by atoms with van der Waals surface area (Å²) in [6.45, 7) is 2.19. The number of unbranched alkanes of at least 4 members (excludes halogenated alkanes) is 1. The molecule has 3 nitrogen and oxygen atoms in total. The lowest BCUT2D eigenvalue weighted by atomic mass is 9.97. The molecule has 0 bridgehead atoms. The van der Waals surface area contributed by atoms with Crippen LogP contribution in [0.4, 0.5) is 0 Å². The SMILES string of the molecule is CCCCSc1nc2sc3c(c2c(=O)n1-c1ccccc1)CCCC3. The van der Waals surface area contributed by atoms with Crippen molar-refractivity contribution < 1.29 is 0 Å². The Morgan fingerprint density at radius 1 is 1.20 bits per heavy atom. The molecule has 5 heteroatoms. The Balaban J connectivity index is 1.93. The van der Waals surface area contributed by atoms with Crippen LogP contribution < -0.4 is 5.56 Å². The molecule has 0 unspecified atom stereocenters. The van der Waals surface area contributed by atoms with Gasteiger partial charge in [0.15, 0.2) is 5.16 Å². The summed E-state index contributed by atoms with van der Waals surface area (Å²) < 4.78 is 1.82. The van der Waals surface area contributed by atoms with E-state index in [0.717, 1.165) is 52.5 Å². The molecular formula is C20H22N2OS2. The van der Waals surface area contributed by atoms with Crippen molar-refractivity contribution in [3.05, 3.63) is 51.1 Å². The molecule has 0 aliphatic heterocycles. The van der Waals surface area contributed by atoms with E-state index < -0.39 is 0 Å². The first-order valence-electron chi connectivity index (χ1n) is 9.05. The molecule has 1 aliphatic carbocycles. The van der Waals surface area contributed by atoms with Crippen LogP contribution >= 0.6 is 23.1 Å². The number of rotatable bonds is 5. The fraction of sp³-hybridized carbons (Fsp3) is 0.400. The van der Waals surface area contributed by atoms with Gasteiger partial charge in [0.1, 0.15) is 4.83 Å². The van der Waals surface area contributed by atoms with Gasteiger partial charge in [-0.05, 0) is 49.8 Å². The van der Waals surface area contributed by atoms with Gasteiger partial charge in [0.2, 0.25) is 0 Å². The maximum Gasteiger partial charge on any atom is 0.267 e. The van der Waals surface area contributed by atoms with Crippen molar-refractivity contribution in [1.29, 1.82) is 0 Å². The summed E-state index contributed by atoms with van der Waals surface area (Å²) in [5.74, 6) is 0.992. The van der Waals surface area contributed by atoms with Crippen LogP contribution in [-0.4, -0.2) is 15.3 Å². The van der Waals surface area contributed by atoms with Gasteiger partial charge in [-0.15, -0.1) is 11.3 Å². The van der Waals surface area contributed by atoms with Crippen LogP contribution in [-0.2, 0) is 12.8 Å². The molecule has 0 saturated heterocycles. The van der Waals surface area contributed by atoms with Crippen molar-refractivity contribution in [2.75, 3.05) is 5.75 Å². The standard InChI is InChI=1S/C20H22N2OS2/c1-2-3-13-24-20-21-18-17(15-11-7-8-12-16(15)25-18)19(23)22(20)14-9-5-4-6-10-14/h4-6,9-10H,2-3,7-8,11-13H2,1H3. The van der Waals surface area contributed by atoms with Gasteiger partial charge in [-0.3, -0.25) is 9.36 Å². The molecule has 0 atom stereocenters. The minimum atomic E-state index is 0.106. The van der Waals surface area contributed by atoms with E-state index in [1.807, 2.05) is 34.9 Å². The number of fused-ring (bicyclic) bond motifs is 3. The van der Waals surface area contributed by atoms with E-state index >= 15 is 0 Å². The van der Waals surface area contributed by atoms with Crippen molar-refractivity contribution in [3.63, 3.8) is 0 Å². The van der Waals surface area contributed by atoms with Gasteiger partial charge in [-0.2, -0.15) is 0 Å². The lowest BCUT2D eigenvalue weighted by molar-refractivity contribution is 0.699. The molecule has 0 amide bonds. The second-order valence-electron chi connectivity index (χ2n) is 6.46. The molecule has 0 N–H and O–H groups in total. The van der Waals surface area contributed by atoms with Crippen molar-refractivity contribution in [1.82, 2.24) is 9.55 Å². The Morgan fingerprint density at radius 3 is 2.80 bits per heavy atom. The predicted octanol–water partition coefficient (Wildman–Crippen LogP) is 5.22. The number of nitrogens with zero attached hydrogens (tertiary/aromatic N) is 2. The van der Waals surface area contributed by atoms with Crippen LogP contribution in [0.5, 0.6) is 0 Å². The third-order valence-corrected chi connectivity index (χ3v) is 6.91. The number of hydrogen-bond acceptors (Lipinski definition) is 4. The van der Waals surface area contributed by atoms with Crippen molar-refractivity contribution >= 4 is 33.3 Å². The highest BCUT2D eigenvalue weighted by molar-refractivity contribution is 7.99. The number of aromatic nitrogens is 2. The Hall–Kier alpha value is -1.59. The number of hydrogen-bond donors (Lipinski definition) is 0. The summed E-state index contributed by atoms with van der Waals surface area (Å²) in [6.07, 6.45) is 6.80. The lowest BCUT2D eigenvalue weighted by Gasteiger charge is -2.13. The average Bonchev–Trinajstić information content (AvgIpc) is 3.01. The van der Waals surface area contributed by atoms with E-state index in [1.54, 1.807) is 23.1 Å². The van der Waals surface area contributed by atoms with E-state index in [4.69, 9.17) is 4.98 Å². The van der Waals surface area contributed by atoms with Crippen molar-refractivity contribution in [3.8, 4) is 5.69 Å². The van der Waals surface area contributed by atoms with Gasteiger partial charge >= 0.3 is 0 Å². The monoisotopic (exact) mass is 370 g/mol. The molecule has 1 aliphatic rings. The lowest BCUT2D eigenvalue weighted by Crippen LogP contribution is -2.22. The molecular weight excluding hydrogens is 348 g/mol. The van der Waals surface area contributed by atoms with Gasteiger partial charge in [0.05, 0.1) is 11.1 Å². The quantitative estimate of drug-likeness (QED) is 0.351. The first-order valence-corrected chi connectivity index (χ1v) is 10.9. The fourth-order valence-electron chi connectivity index (χ4n) is 3.40. The fourth-order valence-corrected chi connectivity index (χ4v) is 5.79. The maximum atomic E-state index is 13.4. The molecule has 4 rings (SSSR count). The molecule has 3 aromatic rings. The van der Waals surface area contributed by atoms with Crippen LogP contribution in [0.25, 0.3) is 15.9 Å². The van der Waals surface area contributed by atoms with E-state index in [-0.39, 0.29) is 5.56 Å². The van der Waals surface area contributed by atoms with Crippen LogP contribution in [0.1, 0.15) is 43.0 Å². The Morgan fingerprint density at radius 2 is 2.00 bits per heavy atom. The van der Waals surface area contributed by atoms with E-state index in [2.05, 4.69) is 6.92 Å². The summed E-state index contributed by atoms with van der Waals surface area (Å²) in [5, 5.41) is 1.69. The maximum absolute atomic E-state index is 13.4. The van der Waals surface area contributed by atoms with Gasteiger partial charge in [-0.25, -0.2) is 4.98 Å². The predicted molar refractivity (Wildman–Crippen MR) is 107 cm³/mol. The zero-order valence-electron chi connectivity index (χ0n) is 14.5. The molecule has 0 spiro atoms. The Kier molecular flexibility index (Phi) is 4.95. The topological polar surface area (TPSA) is 34.9 Å². The minimum absolute atomic E-state index is 0.106. The van der Waals surface area contributed by atoms with Crippen LogP contribution in [0, 0.1) is 0 Å². The number of thiophene rings is 1. The largest absolute Gasteiger partial charge is 0.268 e. The number of aryl methyl sites for hydroxylation is 2. The summed E-state index contributed by atoms with van der Waals surface area (Å²) in [5.41, 5.74) is 2.28. The van der Waals surface area contributed by atoms with Crippen molar-refractivity contribution in [2.45, 2.75) is 50.6 Å². The normalized spacial score (nSPS) is 14.0. The molecule has 2 heterocycles. The zero-order valence-corrected chi connectivity index (χ0v) is 16.1. The molecule has 0 radical (unpaired) electrons. The van der Waals surface area contributed by atoms with Gasteiger partial charge in [0.25, 0.3) is 5.56 Å². The average molecular weight is 371 g/mol. The third kappa shape index (κ3) is 3.15. The first-order chi connectivity index (χ1) is 12.3. The van der Waals surface area contributed by atoms with Gasteiger partial charge in [-0.1, -0.05) is 43.3 Å². The smallest absolute Gasteiger partial charge is 0.267 e. The highest BCUT2D eigenvalue weighted by Crippen LogP contribution is 2.35. The second kappa shape index (κ2) is 7.34. The highest BCUT2D eigenvalue weighted by Gasteiger charge is 2.22. The van der Waals surface area contributed by atoms with Crippen molar-refractivity contribution in [2.24, 2.45) is 0 Å². The van der Waals surface area contributed by atoms with Crippen LogP contribution in [0.3, 0.4) is 0 Å². The molecule has 25 heavy (non-hydrogen) atoms. The molecule has 2 aromatic heterocycles. The zero-order chi connectivity index (χ0) is 17.2. The molecule has 1 aromatic carbocycles. The van der Waals surface area contributed by atoms with Gasteiger partial charge in [0, 0.05) is 10.6 Å². The molecule has 0 fully saturated rings. The summed E-state index contributed by atoms with van der Waals surface area (Å²) in [7, 11) is 0. The summed E-state index contributed by atoms with van der Waals surface area (Å²) >= 11 is 3.43. The van der Waals surface area contributed by atoms with E-state index in [9.17, 15) is 4.79 Å². The third-order valence-electron chi connectivity index (χ3n) is 4.70. The van der Waals surface area contributed by atoms with Gasteiger partial charge < -0.3 is 0 Å². The number of thioether (sulfide) groups is 1. The Bertz CT molecular complexity index is 944. The number of para-hydroxylation sites is 1. The van der Waals surface area contributed by atoms with Crippen LogP contribution in [0.15, 0.2) is 40.3 Å². The second-order valence-corrected chi connectivity index (χ2v) is 8.61. The van der Waals surface area contributed by atoms with E-state index in [1.165, 1.54) is 23.3 Å². The first kappa shape index (κ1) is 16.9. The summed E-state index contributed by atoms with van der Waals surface area (Å²) in [4.78, 5) is 20.7. The van der Waals surface area contributed by atoms with Crippen LogP contribution in [0.2, 0.25) is 0 Å². The number of benzene rings is 1. The Labute approximate surface area is 156 Å². The molecule has 130 valence electrons. The highest BCUT2D eigenvalue weighted by atomic mass is 32.2. The summed E-state index contributed by atoms with van der Waals surface area (Å²) in [6, 6.07) is 9.94. The van der Waals surface area contributed by atoms with E-state index in [0.29, 0.717) is 0 Å².